The predicted octanol–water partition coefficient (Wildman–Crippen LogP) is -0.271. The molecule has 0 saturated carbocycles. The second kappa shape index (κ2) is 5.84. The van der Waals surface area contributed by atoms with Crippen LogP contribution in [0.15, 0.2) is 0 Å². The summed E-state index contributed by atoms with van der Waals surface area (Å²) in [5.41, 5.74) is 5.14. The van der Waals surface area contributed by atoms with Crippen molar-refractivity contribution in [2.45, 2.75) is 6.04 Å². The minimum absolute atomic E-state index is 0.0169. The van der Waals surface area contributed by atoms with Gasteiger partial charge in [-0.25, -0.2) is 0 Å². The van der Waals surface area contributed by atoms with Gasteiger partial charge in [-0.2, -0.15) is 0 Å². The molecule has 0 aromatic heterocycles. The van der Waals surface area contributed by atoms with E-state index < -0.39 is 12.0 Å². The molecule has 0 rings (SSSR count). The highest BCUT2D eigenvalue weighted by molar-refractivity contribution is 8.76. The first-order chi connectivity index (χ1) is 4.68. The van der Waals surface area contributed by atoms with Crippen LogP contribution in [0.3, 0.4) is 0 Å². The Morgan fingerprint density at radius 1 is 1.60 bits per heavy atom. The van der Waals surface area contributed by atoms with E-state index in [2.05, 4.69) is 0 Å². The van der Waals surface area contributed by atoms with Gasteiger partial charge in [0.25, 0.3) is 0 Å². The first-order valence-electron chi connectivity index (χ1n) is 2.52. The standard InChI is InChI=1S/C4H9NO3S2/c5-3(4(7)8)1-9-10-2-6/h3,6H,1-2,5H2,(H,7,8)/t3-/m0/s1. The first-order valence-corrected chi connectivity index (χ1v) is 5.01. The Bertz CT molecular complexity index is 111. The lowest BCUT2D eigenvalue weighted by Gasteiger charge is -2.02. The van der Waals surface area contributed by atoms with Crippen molar-refractivity contribution in [3.8, 4) is 0 Å². The topological polar surface area (TPSA) is 83.5 Å². The van der Waals surface area contributed by atoms with Crippen LogP contribution in [0.5, 0.6) is 0 Å². The smallest absolute Gasteiger partial charge is 0.321 e. The maximum atomic E-state index is 10.1. The molecule has 4 N–H and O–H groups in total. The number of aliphatic hydroxyl groups excluding tert-OH is 1. The van der Waals surface area contributed by atoms with Crippen LogP contribution in [0, 0.1) is 0 Å². The fourth-order valence-electron chi connectivity index (χ4n) is 0.230. The van der Waals surface area contributed by atoms with Crippen LogP contribution < -0.4 is 5.73 Å². The van der Waals surface area contributed by atoms with Gasteiger partial charge in [0.05, 0.1) is 5.94 Å². The average Bonchev–Trinajstić information content (AvgIpc) is 1.88. The van der Waals surface area contributed by atoms with Crippen molar-refractivity contribution in [3.05, 3.63) is 0 Å². The minimum atomic E-state index is -1.01. The summed E-state index contributed by atoms with van der Waals surface area (Å²) in [5.74, 6) is -0.705. The fraction of sp³-hybridized carbons (Fsp3) is 0.750. The molecule has 0 unspecified atom stereocenters. The lowest BCUT2D eigenvalue weighted by molar-refractivity contribution is -0.137. The van der Waals surface area contributed by atoms with Crippen molar-refractivity contribution in [2.75, 3.05) is 11.7 Å². The molecule has 0 heterocycles. The van der Waals surface area contributed by atoms with E-state index in [0.717, 1.165) is 0 Å². The van der Waals surface area contributed by atoms with Crippen LogP contribution in [-0.4, -0.2) is 33.9 Å². The minimum Gasteiger partial charge on any atom is -0.480 e. The molecule has 0 spiro atoms. The Balaban J connectivity index is 3.21. The first kappa shape index (κ1) is 10.1. The molecule has 0 aromatic carbocycles. The lowest BCUT2D eigenvalue weighted by Crippen LogP contribution is -2.32. The SMILES string of the molecule is N[C@@H](CSSCO)C(=O)O. The Hall–Kier alpha value is 0.0900. The number of aliphatic carboxylic acids is 1. The molecular weight excluding hydrogens is 174 g/mol. The van der Waals surface area contributed by atoms with Crippen molar-refractivity contribution in [2.24, 2.45) is 5.73 Å². The van der Waals surface area contributed by atoms with Gasteiger partial charge >= 0.3 is 5.97 Å². The molecule has 0 radical (unpaired) electrons. The van der Waals surface area contributed by atoms with Gasteiger partial charge < -0.3 is 15.9 Å². The molecule has 6 heteroatoms. The number of hydrogen-bond acceptors (Lipinski definition) is 5. The second-order valence-electron chi connectivity index (χ2n) is 1.48. The largest absolute Gasteiger partial charge is 0.480 e. The molecule has 60 valence electrons. The maximum absolute atomic E-state index is 10.1. The molecule has 0 aliphatic heterocycles. The highest BCUT2D eigenvalue weighted by Gasteiger charge is 2.10. The third-order valence-corrected chi connectivity index (χ3v) is 2.69. The van der Waals surface area contributed by atoms with E-state index in [1.54, 1.807) is 0 Å². The summed E-state index contributed by atoms with van der Waals surface area (Å²) in [6.45, 7) is 0. The van der Waals surface area contributed by atoms with Crippen LogP contribution in [0.1, 0.15) is 0 Å². The van der Waals surface area contributed by atoms with E-state index in [1.165, 1.54) is 21.6 Å². The monoisotopic (exact) mass is 183 g/mol. The van der Waals surface area contributed by atoms with E-state index >= 15 is 0 Å². The van der Waals surface area contributed by atoms with Gasteiger partial charge in [-0.1, -0.05) is 21.6 Å². The number of nitrogens with two attached hydrogens (primary N) is 1. The van der Waals surface area contributed by atoms with Crippen LogP contribution >= 0.6 is 21.6 Å². The molecule has 10 heavy (non-hydrogen) atoms. The number of carboxylic acid groups (broad SMARTS) is 1. The van der Waals surface area contributed by atoms with Gasteiger partial charge in [-0.05, 0) is 0 Å². The predicted molar refractivity (Wildman–Crippen MR) is 42.7 cm³/mol. The molecule has 0 aromatic rings. The molecule has 0 bridgehead atoms. The molecule has 0 amide bonds. The van der Waals surface area contributed by atoms with E-state index in [1.807, 2.05) is 0 Å². The van der Waals surface area contributed by atoms with Crippen LogP contribution in [-0.2, 0) is 4.79 Å². The van der Waals surface area contributed by atoms with E-state index in [-0.39, 0.29) is 5.94 Å². The Labute approximate surface area is 66.6 Å². The third kappa shape index (κ3) is 4.92. The summed E-state index contributed by atoms with van der Waals surface area (Å²) in [6.07, 6.45) is 0. The van der Waals surface area contributed by atoms with Crippen LogP contribution in [0.4, 0.5) is 0 Å². The summed E-state index contributed by atoms with van der Waals surface area (Å²) in [6, 6.07) is -0.830. The second-order valence-corrected chi connectivity index (χ2v) is 3.95. The Morgan fingerprint density at radius 3 is 2.60 bits per heavy atom. The number of rotatable bonds is 5. The molecular formula is C4H9NO3S2. The van der Waals surface area contributed by atoms with Crippen molar-refractivity contribution in [1.82, 2.24) is 0 Å². The summed E-state index contributed by atoms with van der Waals surface area (Å²) in [5, 5.41) is 16.5. The third-order valence-electron chi connectivity index (χ3n) is 0.701. The van der Waals surface area contributed by atoms with Crippen molar-refractivity contribution >= 4 is 27.6 Å². The van der Waals surface area contributed by atoms with Gasteiger partial charge in [-0.3, -0.25) is 4.79 Å². The van der Waals surface area contributed by atoms with Crippen molar-refractivity contribution in [3.63, 3.8) is 0 Å². The summed E-state index contributed by atoms with van der Waals surface area (Å²) in [7, 11) is 2.43. The molecule has 0 aliphatic carbocycles. The average molecular weight is 183 g/mol. The summed E-state index contributed by atoms with van der Waals surface area (Å²) >= 11 is 0. The number of carbonyl (C=O) groups is 1. The van der Waals surface area contributed by atoms with Gasteiger partial charge in [0.2, 0.25) is 0 Å². The molecule has 0 fully saturated rings. The summed E-state index contributed by atoms with van der Waals surface area (Å²) in [4.78, 5) is 10.1. The highest BCUT2D eigenvalue weighted by Crippen LogP contribution is 2.19. The highest BCUT2D eigenvalue weighted by atomic mass is 33.1. The fourth-order valence-corrected chi connectivity index (χ4v) is 1.64. The molecule has 1 atom stereocenters. The zero-order valence-corrected chi connectivity index (χ0v) is 6.82. The summed E-state index contributed by atoms with van der Waals surface area (Å²) < 4.78 is 0. The number of hydrogen-bond donors (Lipinski definition) is 3. The Morgan fingerprint density at radius 2 is 2.20 bits per heavy atom. The number of carboxylic acids is 1. The van der Waals surface area contributed by atoms with Crippen molar-refractivity contribution in [1.29, 1.82) is 0 Å². The molecule has 4 nitrogen and oxygen atoms in total. The van der Waals surface area contributed by atoms with E-state index in [4.69, 9.17) is 15.9 Å². The zero-order chi connectivity index (χ0) is 7.98. The Kier molecular flexibility index (Phi) is 5.90. The lowest BCUT2D eigenvalue weighted by atomic mass is 10.4. The van der Waals surface area contributed by atoms with E-state index in [9.17, 15) is 4.79 Å². The van der Waals surface area contributed by atoms with Crippen molar-refractivity contribution < 1.29 is 15.0 Å². The molecule has 0 aliphatic rings. The van der Waals surface area contributed by atoms with Gasteiger partial charge in [-0.15, -0.1) is 0 Å². The molecule has 0 saturated heterocycles. The van der Waals surface area contributed by atoms with Gasteiger partial charge in [0.15, 0.2) is 0 Å². The van der Waals surface area contributed by atoms with E-state index in [0.29, 0.717) is 5.75 Å². The normalized spacial score (nSPS) is 13.0. The zero-order valence-electron chi connectivity index (χ0n) is 5.19. The van der Waals surface area contributed by atoms with Crippen LogP contribution in [0.2, 0.25) is 0 Å². The number of aliphatic hydroxyl groups is 1. The van der Waals surface area contributed by atoms with Gasteiger partial charge in [0.1, 0.15) is 6.04 Å². The van der Waals surface area contributed by atoms with Crippen LogP contribution in [0.25, 0.3) is 0 Å². The maximum Gasteiger partial charge on any atom is 0.321 e. The van der Waals surface area contributed by atoms with Gasteiger partial charge in [0, 0.05) is 5.75 Å². The quantitative estimate of drug-likeness (QED) is 0.309.